The van der Waals surface area contributed by atoms with E-state index in [9.17, 15) is 0 Å². The van der Waals surface area contributed by atoms with E-state index in [0.717, 1.165) is 5.92 Å². The maximum atomic E-state index is 2.42. The fourth-order valence-corrected chi connectivity index (χ4v) is 2.22. The van der Waals surface area contributed by atoms with Gasteiger partial charge in [0.05, 0.1) is 0 Å². The minimum atomic E-state index is 1.08. The second-order valence-electron chi connectivity index (χ2n) is 3.57. The third-order valence-electron chi connectivity index (χ3n) is 2.94. The third-order valence-corrected chi connectivity index (χ3v) is 2.94. The molecule has 0 spiro atoms. The van der Waals surface area contributed by atoms with Crippen molar-refractivity contribution in [3.63, 3.8) is 0 Å². The van der Waals surface area contributed by atoms with E-state index in [1.807, 2.05) is 0 Å². The maximum Gasteiger partial charge on any atom is -0.0357 e. The predicted octanol–water partition coefficient (Wildman–Crippen LogP) is 2.44. The maximum absolute atomic E-state index is 2.42. The van der Waals surface area contributed by atoms with Crippen LogP contribution in [0.25, 0.3) is 0 Å². The van der Waals surface area contributed by atoms with Crippen LogP contribution in [0.1, 0.15) is 32.6 Å². The average Bonchev–Trinajstić information content (AvgIpc) is 2.45. The van der Waals surface area contributed by atoms with Gasteiger partial charge in [-0.2, -0.15) is 0 Å². The first-order valence-corrected chi connectivity index (χ1v) is 3.88. The Balaban J connectivity index is 1.99. The van der Waals surface area contributed by atoms with Gasteiger partial charge in [-0.1, -0.05) is 26.2 Å². The first-order valence-electron chi connectivity index (χ1n) is 3.88. The lowest BCUT2D eigenvalue weighted by molar-refractivity contribution is 0.362. The summed E-state index contributed by atoms with van der Waals surface area (Å²) in [5.41, 5.74) is 0. The standard InChI is InChI=1S/C8H14/c1-6-3-2-4-7-5-8(6)7/h6-8H,2-5H2,1H3/t6-,7-,8+/m0/s1. The summed E-state index contributed by atoms with van der Waals surface area (Å²) < 4.78 is 0. The van der Waals surface area contributed by atoms with Crippen molar-refractivity contribution in [2.45, 2.75) is 32.6 Å². The van der Waals surface area contributed by atoms with Crippen LogP contribution in [0.4, 0.5) is 0 Å². The van der Waals surface area contributed by atoms with E-state index >= 15 is 0 Å². The van der Waals surface area contributed by atoms with Crippen molar-refractivity contribution in [3.05, 3.63) is 0 Å². The van der Waals surface area contributed by atoms with Crippen molar-refractivity contribution >= 4 is 0 Å². The van der Waals surface area contributed by atoms with Crippen molar-refractivity contribution in [1.82, 2.24) is 0 Å². The van der Waals surface area contributed by atoms with Crippen LogP contribution < -0.4 is 0 Å². The van der Waals surface area contributed by atoms with Crippen LogP contribution in [0.5, 0.6) is 0 Å². The molecule has 0 aliphatic heterocycles. The minimum Gasteiger partial charge on any atom is -0.0622 e. The topological polar surface area (TPSA) is 0 Å². The van der Waals surface area contributed by atoms with Gasteiger partial charge in [0.2, 0.25) is 0 Å². The fourth-order valence-electron chi connectivity index (χ4n) is 2.22. The lowest BCUT2D eigenvalue weighted by Gasteiger charge is -2.15. The van der Waals surface area contributed by atoms with Gasteiger partial charge in [-0.25, -0.2) is 0 Å². The van der Waals surface area contributed by atoms with E-state index in [1.165, 1.54) is 24.7 Å². The molecule has 0 nitrogen and oxygen atoms in total. The smallest absolute Gasteiger partial charge is 0.0357 e. The van der Waals surface area contributed by atoms with Crippen LogP contribution in [0, 0.1) is 17.8 Å². The van der Waals surface area contributed by atoms with E-state index in [0.29, 0.717) is 0 Å². The Morgan fingerprint density at radius 3 is 2.75 bits per heavy atom. The van der Waals surface area contributed by atoms with Crippen LogP contribution >= 0.6 is 0 Å². The molecule has 0 N–H and O–H groups in total. The van der Waals surface area contributed by atoms with Gasteiger partial charge >= 0.3 is 0 Å². The van der Waals surface area contributed by atoms with Crippen LogP contribution in [-0.4, -0.2) is 0 Å². The summed E-state index contributed by atoms with van der Waals surface area (Å²) >= 11 is 0. The average molecular weight is 110 g/mol. The lowest BCUT2D eigenvalue weighted by atomic mass is 9.91. The molecule has 0 aromatic rings. The number of hydrogen-bond acceptors (Lipinski definition) is 0. The van der Waals surface area contributed by atoms with Crippen LogP contribution in [0.3, 0.4) is 0 Å². The molecule has 2 aliphatic carbocycles. The zero-order chi connectivity index (χ0) is 5.56. The second kappa shape index (κ2) is 1.49. The first kappa shape index (κ1) is 4.84. The fraction of sp³-hybridized carbons (Fsp3) is 1.00. The molecule has 0 radical (unpaired) electrons. The quantitative estimate of drug-likeness (QED) is 0.449. The van der Waals surface area contributed by atoms with Crippen molar-refractivity contribution in [1.29, 1.82) is 0 Å². The van der Waals surface area contributed by atoms with Crippen LogP contribution in [-0.2, 0) is 0 Å². The second-order valence-corrected chi connectivity index (χ2v) is 3.57. The van der Waals surface area contributed by atoms with Gasteiger partial charge in [0, 0.05) is 0 Å². The molecule has 2 saturated carbocycles. The Labute approximate surface area is 51.3 Å². The highest BCUT2D eigenvalue weighted by molar-refractivity contribution is 4.92. The molecule has 0 heteroatoms. The van der Waals surface area contributed by atoms with E-state index in [4.69, 9.17) is 0 Å². The molecule has 2 fully saturated rings. The summed E-state index contributed by atoms with van der Waals surface area (Å²) in [5, 5.41) is 0. The Bertz CT molecular complexity index is 96.2. The number of rotatable bonds is 0. The zero-order valence-corrected chi connectivity index (χ0v) is 5.56. The van der Waals surface area contributed by atoms with Crippen molar-refractivity contribution in [2.24, 2.45) is 17.8 Å². The van der Waals surface area contributed by atoms with Crippen molar-refractivity contribution in [3.8, 4) is 0 Å². The van der Waals surface area contributed by atoms with Gasteiger partial charge in [-0.15, -0.1) is 0 Å². The van der Waals surface area contributed by atoms with Gasteiger partial charge in [0.15, 0.2) is 0 Å². The third kappa shape index (κ3) is 0.586. The largest absolute Gasteiger partial charge is 0.0622 e. The monoisotopic (exact) mass is 110 g/mol. The Hall–Kier alpha value is 0. The highest BCUT2D eigenvalue weighted by Gasteiger charge is 2.42. The lowest BCUT2D eigenvalue weighted by Crippen LogP contribution is -2.04. The first-order chi connectivity index (χ1) is 3.88. The number of hydrogen-bond donors (Lipinski definition) is 0. The molecule has 0 saturated heterocycles. The highest BCUT2D eigenvalue weighted by atomic mass is 14.5. The predicted molar refractivity (Wildman–Crippen MR) is 34.6 cm³/mol. The van der Waals surface area contributed by atoms with Gasteiger partial charge < -0.3 is 0 Å². The summed E-state index contributed by atoms with van der Waals surface area (Å²) in [6.07, 6.45) is 6.15. The van der Waals surface area contributed by atoms with E-state index in [1.54, 1.807) is 12.8 Å². The van der Waals surface area contributed by atoms with E-state index in [2.05, 4.69) is 6.92 Å². The van der Waals surface area contributed by atoms with Crippen LogP contribution in [0.15, 0.2) is 0 Å². The molecule has 0 heterocycles. The molecule has 0 aromatic heterocycles. The summed E-state index contributed by atoms with van der Waals surface area (Å²) in [6.45, 7) is 2.42. The van der Waals surface area contributed by atoms with Gasteiger partial charge in [-0.05, 0) is 24.2 Å². The number of fused-ring (bicyclic) bond motifs is 1. The van der Waals surface area contributed by atoms with Crippen molar-refractivity contribution in [2.75, 3.05) is 0 Å². The van der Waals surface area contributed by atoms with Gasteiger partial charge in [-0.3, -0.25) is 0 Å². The van der Waals surface area contributed by atoms with Crippen LogP contribution in [0.2, 0.25) is 0 Å². The van der Waals surface area contributed by atoms with Gasteiger partial charge in [0.1, 0.15) is 0 Å². The molecule has 0 aromatic carbocycles. The highest BCUT2D eigenvalue weighted by Crippen LogP contribution is 2.52. The zero-order valence-electron chi connectivity index (χ0n) is 5.56. The molecule has 2 rings (SSSR count). The SMILES string of the molecule is C[C@H]1CCC[C@H]2C[C@@H]21. The molecule has 0 amide bonds. The normalized spacial score (nSPS) is 52.9. The molecule has 2 aliphatic rings. The molecule has 3 atom stereocenters. The summed E-state index contributed by atoms with van der Waals surface area (Å²) in [6, 6.07) is 0. The Morgan fingerprint density at radius 2 is 2.12 bits per heavy atom. The summed E-state index contributed by atoms with van der Waals surface area (Å²) in [5.74, 6) is 3.43. The minimum absolute atomic E-state index is 1.08. The molecule has 46 valence electrons. The summed E-state index contributed by atoms with van der Waals surface area (Å²) in [4.78, 5) is 0. The Morgan fingerprint density at radius 1 is 1.25 bits per heavy atom. The molecular weight excluding hydrogens is 96.1 g/mol. The summed E-state index contributed by atoms with van der Waals surface area (Å²) in [7, 11) is 0. The van der Waals surface area contributed by atoms with Gasteiger partial charge in [0.25, 0.3) is 0 Å². The molecular formula is C8H14. The van der Waals surface area contributed by atoms with E-state index < -0.39 is 0 Å². The van der Waals surface area contributed by atoms with Crippen molar-refractivity contribution < 1.29 is 0 Å². The molecule has 8 heavy (non-hydrogen) atoms. The van der Waals surface area contributed by atoms with E-state index in [-0.39, 0.29) is 0 Å². The molecule has 0 unspecified atom stereocenters. The Kier molecular flexibility index (Phi) is 0.902. The molecule has 0 bridgehead atoms.